The minimum atomic E-state index is -0.262. The minimum Gasteiger partial charge on any atom is -0.462 e. The van der Waals surface area contributed by atoms with Crippen molar-refractivity contribution < 1.29 is 9.53 Å². The van der Waals surface area contributed by atoms with Gasteiger partial charge in [0.25, 0.3) is 0 Å². The first-order valence-corrected chi connectivity index (χ1v) is 8.55. The van der Waals surface area contributed by atoms with Crippen molar-refractivity contribution in [3.63, 3.8) is 0 Å². The normalized spacial score (nSPS) is 31.1. The second kappa shape index (κ2) is 7.85. The van der Waals surface area contributed by atoms with Crippen molar-refractivity contribution >= 4 is 5.97 Å². The minimum absolute atomic E-state index is 0.262. The Morgan fingerprint density at radius 2 is 2.00 bits per heavy atom. The molecular weight excluding hydrogens is 248 g/mol. The van der Waals surface area contributed by atoms with Crippen molar-refractivity contribution in [1.82, 2.24) is 0 Å². The first-order valence-electron chi connectivity index (χ1n) is 8.55. The quantitative estimate of drug-likeness (QED) is 0.518. The summed E-state index contributed by atoms with van der Waals surface area (Å²) in [4.78, 5) is 11.3. The molecule has 0 N–H and O–H groups in total. The van der Waals surface area contributed by atoms with Crippen LogP contribution in [0.4, 0.5) is 0 Å². The van der Waals surface area contributed by atoms with Gasteiger partial charge in [-0.1, -0.05) is 52.0 Å². The van der Waals surface area contributed by atoms with Gasteiger partial charge in [0, 0.05) is 6.08 Å². The van der Waals surface area contributed by atoms with E-state index in [1.165, 1.54) is 63.9 Å². The van der Waals surface area contributed by atoms with E-state index in [1.807, 2.05) is 0 Å². The maximum Gasteiger partial charge on any atom is 0.330 e. The lowest BCUT2D eigenvalue weighted by Gasteiger charge is -2.44. The number of esters is 1. The molecule has 0 saturated heterocycles. The molecular formula is C18H30O2. The Labute approximate surface area is 124 Å². The summed E-state index contributed by atoms with van der Waals surface area (Å²) < 4.78 is 5.38. The van der Waals surface area contributed by atoms with E-state index in [-0.39, 0.29) is 5.97 Å². The van der Waals surface area contributed by atoms with Crippen LogP contribution in [-0.2, 0) is 9.53 Å². The predicted molar refractivity (Wildman–Crippen MR) is 82.3 cm³/mol. The van der Waals surface area contributed by atoms with Crippen molar-refractivity contribution in [2.45, 2.75) is 64.7 Å². The molecule has 0 heterocycles. The van der Waals surface area contributed by atoms with Gasteiger partial charge in [0.2, 0.25) is 0 Å². The van der Waals surface area contributed by atoms with Gasteiger partial charge in [-0.15, -0.1) is 0 Å². The highest BCUT2D eigenvalue weighted by molar-refractivity contribution is 5.81. The van der Waals surface area contributed by atoms with E-state index in [9.17, 15) is 4.79 Å². The van der Waals surface area contributed by atoms with Crippen LogP contribution in [0.3, 0.4) is 0 Å². The molecule has 2 nitrogen and oxygen atoms in total. The van der Waals surface area contributed by atoms with Crippen molar-refractivity contribution in [1.29, 1.82) is 0 Å². The maximum atomic E-state index is 11.3. The number of fused-ring (bicyclic) bond motifs is 1. The molecule has 20 heavy (non-hydrogen) atoms. The zero-order chi connectivity index (χ0) is 14.4. The number of ether oxygens (including phenoxy) is 1. The van der Waals surface area contributed by atoms with Crippen LogP contribution in [0.15, 0.2) is 12.7 Å². The molecule has 0 aromatic rings. The number of rotatable bonds is 6. The first-order chi connectivity index (χ1) is 9.76. The average Bonchev–Trinajstić information content (AvgIpc) is 2.50. The Balaban J connectivity index is 1.98. The molecule has 4 atom stereocenters. The molecule has 2 aliphatic rings. The smallest absolute Gasteiger partial charge is 0.330 e. The van der Waals surface area contributed by atoms with Crippen LogP contribution in [0.1, 0.15) is 64.7 Å². The predicted octanol–water partition coefficient (Wildman–Crippen LogP) is 4.74. The Bertz CT molecular complexity index is 321. The van der Waals surface area contributed by atoms with Gasteiger partial charge in [0.15, 0.2) is 0 Å². The first kappa shape index (κ1) is 15.6. The fraction of sp³-hybridized carbons (Fsp3) is 0.833. The number of carbonyl (C=O) groups is 1. The molecule has 2 aliphatic carbocycles. The van der Waals surface area contributed by atoms with Gasteiger partial charge in [-0.2, -0.15) is 0 Å². The van der Waals surface area contributed by atoms with E-state index in [0.29, 0.717) is 12.5 Å². The molecule has 114 valence electrons. The molecule has 0 radical (unpaired) electrons. The standard InChI is InChI=1S/C18H30O2/c1-3-8-15(13-20-18(19)4-2)17-12-7-10-14-9-5-6-11-16(14)17/h4,14-17H,2-3,5-13H2,1H3. The second-order valence-corrected chi connectivity index (χ2v) is 6.69. The molecule has 4 unspecified atom stereocenters. The van der Waals surface area contributed by atoms with Gasteiger partial charge in [-0.3, -0.25) is 0 Å². The van der Waals surface area contributed by atoms with Gasteiger partial charge < -0.3 is 4.74 Å². The average molecular weight is 278 g/mol. The van der Waals surface area contributed by atoms with Crippen LogP contribution in [-0.4, -0.2) is 12.6 Å². The van der Waals surface area contributed by atoms with Crippen LogP contribution >= 0.6 is 0 Å². The lowest BCUT2D eigenvalue weighted by Crippen LogP contribution is -2.37. The molecule has 0 amide bonds. The van der Waals surface area contributed by atoms with Gasteiger partial charge in [-0.25, -0.2) is 4.79 Å². The molecule has 0 aromatic heterocycles. The van der Waals surface area contributed by atoms with Crippen LogP contribution in [0.5, 0.6) is 0 Å². The second-order valence-electron chi connectivity index (χ2n) is 6.69. The number of hydrogen-bond acceptors (Lipinski definition) is 2. The fourth-order valence-electron chi connectivity index (χ4n) is 4.61. The van der Waals surface area contributed by atoms with Crippen molar-refractivity contribution in [3.8, 4) is 0 Å². The molecule has 0 aliphatic heterocycles. The number of hydrogen-bond donors (Lipinski definition) is 0. The monoisotopic (exact) mass is 278 g/mol. The van der Waals surface area contributed by atoms with E-state index in [4.69, 9.17) is 4.74 Å². The van der Waals surface area contributed by atoms with Gasteiger partial charge in [-0.05, 0) is 42.9 Å². The highest BCUT2D eigenvalue weighted by Gasteiger charge is 2.38. The Kier molecular flexibility index (Phi) is 6.12. The lowest BCUT2D eigenvalue weighted by atomic mass is 9.61. The van der Waals surface area contributed by atoms with Gasteiger partial charge in [0.1, 0.15) is 0 Å². The molecule has 0 bridgehead atoms. The topological polar surface area (TPSA) is 26.3 Å². The third-order valence-electron chi connectivity index (χ3n) is 5.50. The molecule has 2 rings (SSSR count). The Morgan fingerprint density at radius 1 is 1.25 bits per heavy atom. The van der Waals surface area contributed by atoms with Crippen LogP contribution in [0.25, 0.3) is 0 Å². The third kappa shape index (κ3) is 3.86. The Morgan fingerprint density at radius 3 is 2.75 bits per heavy atom. The van der Waals surface area contributed by atoms with Crippen molar-refractivity contribution in [3.05, 3.63) is 12.7 Å². The molecule has 2 fully saturated rings. The summed E-state index contributed by atoms with van der Waals surface area (Å²) in [6.07, 6.45) is 13.5. The maximum absolute atomic E-state index is 11.3. The van der Waals surface area contributed by atoms with E-state index in [1.54, 1.807) is 0 Å². The van der Waals surface area contributed by atoms with Gasteiger partial charge in [0.05, 0.1) is 6.61 Å². The van der Waals surface area contributed by atoms with Gasteiger partial charge >= 0.3 is 5.97 Å². The molecule has 0 aromatic carbocycles. The summed E-state index contributed by atoms with van der Waals surface area (Å²) in [7, 11) is 0. The zero-order valence-corrected chi connectivity index (χ0v) is 13.0. The van der Waals surface area contributed by atoms with Crippen LogP contribution in [0, 0.1) is 23.7 Å². The summed E-state index contributed by atoms with van der Waals surface area (Å²) >= 11 is 0. The van der Waals surface area contributed by atoms with E-state index in [2.05, 4.69) is 13.5 Å². The lowest BCUT2D eigenvalue weighted by molar-refractivity contribution is -0.140. The van der Waals surface area contributed by atoms with E-state index >= 15 is 0 Å². The van der Waals surface area contributed by atoms with Crippen molar-refractivity contribution in [2.75, 3.05) is 6.61 Å². The summed E-state index contributed by atoms with van der Waals surface area (Å²) in [5, 5.41) is 0. The van der Waals surface area contributed by atoms with Crippen LogP contribution < -0.4 is 0 Å². The largest absolute Gasteiger partial charge is 0.462 e. The number of carbonyl (C=O) groups excluding carboxylic acids is 1. The summed E-state index contributed by atoms with van der Waals surface area (Å²) in [5.41, 5.74) is 0. The summed E-state index contributed by atoms with van der Waals surface area (Å²) in [6.45, 7) is 6.33. The zero-order valence-electron chi connectivity index (χ0n) is 13.0. The summed E-state index contributed by atoms with van der Waals surface area (Å²) in [5.74, 6) is 2.94. The van der Waals surface area contributed by atoms with Crippen LogP contribution in [0.2, 0.25) is 0 Å². The summed E-state index contributed by atoms with van der Waals surface area (Å²) in [6, 6.07) is 0. The molecule has 2 saturated carbocycles. The highest BCUT2D eigenvalue weighted by atomic mass is 16.5. The fourth-order valence-corrected chi connectivity index (χ4v) is 4.61. The van der Waals surface area contributed by atoms with E-state index < -0.39 is 0 Å². The molecule has 0 spiro atoms. The Hall–Kier alpha value is -0.790. The molecule has 2 heteroatoms. The van der Waals surface area contributed by atoms with Crippen molar-refractivity contribution in [2.24, 2.45) is 23.7 Å². The SMILES string of the molecule is C=CC(=O)OCC(CCC)C1CCCC2CCCCC21. The third-order valence-corrected chi connectivity index (χ3v) is 5.50. The van der Waals surface area contributed by atoms with E-state index in [0.717, 1.165) is 17.8 Å². The highest BCUT2D eigenvalue weighted by Crippen LogP contribution is 2.47.